The second-order valence-corrected chi connectivity index (χ2v) is 2.97. The van der Waals surface area contributed by atoms with E-state index in [0.717, 1.165) is 0 Å². The van der Waals surface area contributed by atoms with Crippen LogP contribution >= 0.6 is 0 Å². The molecule has 0 aliphatic carbocycles. The third-order valence-electron chi connectivity index (χ3n) is 1.91. The average Bonchev–Trinajstić information content (AvgIpc) is 2.20. The summed E-state index contributed by atoms with van der Waals surface area (Å²) in [6, 6.07) is 4.40. The Morgan fingerprint density at radius 3 is 2.71 bits per heavy atom. The van der Waals surface area contributed by atoms with Crippen molar-refractivity contribution in [3.63, 3.8) is 0 Å². The molecule has 1 aromatic rings. The Kier molecular flexibility index (Phi) is 3.86. The van der Waals surface area contributed by atoms with E-state index in [1.54, 1.807) is 13.0 Å². The summed E-state index contributed by atoms with van der Waals surface area (Å²) in [5.41, 5.74) is 0.549. The van der Waals surface area contributed by atoms with Crippen LogP contribution in [0.25, 0.3) is 0 Å². The van der Waals surface area contributed by atoms with Crippen molar-refractivity contribution in [1.29, 1.82) is 0 Å². The van der Waals surface area contributed by atoms with Crippen LogP contribution in [0.3, 0.4) is 0 Å². The van der Waals surface area contributed by atoms with Gasteiger partial charge in [-0.1, -0.05) is 6.07 Å². The molecule has 1 unspecified atom stereocenters. The van der Waals surface area contributed by atoms with Crippen LogP contribution in [0.5, 0.6) is 5.75 Å². The molecule has 3 heteroatoms. The van der Waals surface area contributed by atoms with Crippen LogP contribution in [0.2, 0.25) is 0 Å². The molecule has 1 aromatic carbocycles. The normalized spacial score (nSPS) is 12.6. The number of hydrogen-bond acceptors (Lipinski definition) is 1. The van der Waals surface area contributed by atoms with Gasteiger partial charge in [-0.2, -0.15) is 0 Å². The molecule has 0 fully saturated rings. The predicted molar refractivity (Wildman–Crippen MR) is 51.6 cm³/mol. The van der Waals surface area contributed by atoms with Crippen molar-refractivity contribution in [3.05, 3.63) is 36.5 Å². The lowest BCUT2D eigenvalue weighted by molar-refractivity contribution is 0.321. The highest BCUT2D eigenvalue weighted by Gasteiger charge is 2.09. The molecular weight excluding hydrogens is 186 g/mol. The van der Waals surface area contributed by atoms with Crippen molar-refractivity contribution < 1.29 is 13.5 Å². The van der Waals surface area contributed by atoms with Gasteiger partial charge in [-0.3, -0.25) is 4.39 Å². The van der Waals surface area contributed by atoms with E-state index >= 15 is 0 Å². The lowest BCUT2D eigenvalue weighted by Gasteiger charge is -2.09. The van der Waals surface area contributed by atoms with Gasteiger partial charge in [0.25, 0.3) is 0 Å². The molecule has 0 spiro atoms. The van der Waals surface area contributed by atoms with Gasteiger partial charge < -0.3 is 4.74 Å². The molecule has 0 aliphatic rings. The summed E-state index contributed by atoms with van der Waals surface area (Å²) >= 11 is 0. The largest absolute Gasteiger partial charge is 0.491 e. The first-order valence-corrected chi connectivity index (χ1v) is 4.50. The molecule has 14 heavy (non-hydrogen) atoms. The number of hydrogen-bond donors (Lipinski definition) is 0. The first-order valence-electron chi connectivity index (χ1n) is 4.50. The van der Waals surface area contributed by atoms with Crippen molar-refractivity contribution in [1.82, 2.24) is 0 Å². The van der Waals surface area contributed by atoms with E-state index in [-0.39, 0.29) is 5.75 Å². The highest BCUT2D eigenvalue weighted by atomic mass is 19.1. The van der Waals surface area contributed by atoms with Crippen molar-refractivity contribution in [2.75, 3.05) is 13.3 Å². The quantitative estimate of drug-likeness (QED) is 0.724. The summed E-state index contributed by atoms with van der Waals surface area (Å²) in [5, 5.41) is 0. The number of ether oxygens (including phenoxy) is 1. The highest BCUT2D eigenvalue weighted by molar-refractivity contribution is 5.31. The van der Waals surface area contributed by atoms with Crippen molar-refractivity contribution in [3.8, 4) is 5.75 Å². The summed E-state index contributed by atoms with van der Waals surface area (Å²) in [4.78, 5) is 0. The monoisotopic (exact) mass is 199 g/mol. The fourth-order valence-electron chi connectivity index (χ4n) is 1.13. The van der Waals surface area contributed by atoms with Gasteiger partial charge in [0.2, 0.25) is 0 Å². The van der Waals surface area contributed by atoms with Crippen LogP contribution in [0.15, 0.2) is 18.2 Å². The first-order chi connectivity index (χ1) is 6.69. The van der Waals surface area contributed by atoms with Crippen LogP contribution < -0.4 is 4.74 Å². The van der Waals surface area contributed by atoms with Gasteiger partial charge in [0, 0.05) is 5.92 Å². The molecule has 0 N–H and O–H groups in total. The molecule has 0 bridgehead atoms. The van der Waals surface area contributed by atoms with Gasteiger partial charge in [0.15, 0.2) is 11.6 Å². The lowest BCUT2D eigenvalue weighted by atomic mass is 10.0. The summed E-state index contributed by atoms with van der Waals surface area (Å²) in [5.74, 6) is -0.783. The van der Waals surface area contributed by atoms with E-state index in [1.807, 2.05) is 0 Å². The van der Waals surface area contributed by atoms with E-state index in [9.17, 15) is 8.78 Å². The Hall–Kier alpha value is -1.12. The average molecular weight is 199 g/mol. The predicted octanol–water partition coefficient (Wildman–Crippen LogP) is 3.11. The summed E-state index contributed by atoms with van der Waals surface area (Å²) in [6.45, 7) is 5.16. The molecule has 0 aliphatic heterocycles. The second kappa shape index (κ2) is 4.94. The van der Waals surface area contributed by atoms with E-state index in [4.69, 9.17) is 4.74 Å². The highest BCUT2D eigenvalue weighted by Crippen LogP contribution is 2.23. The molecule has 0 saturated carbocycles. The third kappa shape index (κ3) is 2.44. The Morgan fingerprint density at radius 2 is 2.21 bits per heavy atom. The molecule has 1 nitrogen and oxygen atoms in total. The minimum absolute atomic E-state index is 0.197. The Bertz CT molecular complexity index is 299. The molecule has 0 amide bonds. The summed E-state index contributed by atoms with van der Waals surface area (Å²) in [6.07, 6.45) is 0. The molecule has 77 valence electrons. The van der Waals surface area contributed by atoms with Gasteiger partial charge in [-0.25, -0.2) is 4.39 Å². The Morgan fingerprint density at radius 1 is 1.50 bits per heavy atom. The van der Waals surface area contributed by atoms with Gasteiger partial charge >= 0.3 is 0 Å². The number of rotatable bonds is 4. The van der Waals surface area contributed by atoms with Crippen molar-refractivity contribution in [2.45, 2.75) is 12.8 Å². The van der Waals surface area contributed by atoms with Crippen LogP contribution in [-0.4, -0.2) is 13.3 Å². The minimum atomic E-state index is -0.590. The molecule has 0 heterocycles. The lowest BCUT2D eigenvalue weighted by Crippen LogP contribution is -1.99. The first kappa shape index (κ1) is 11.0. The van der Waals surface area contributed by atoms with Crippen molar-refractivity contribution in [2.24, 2.45) is 0 Å². The van der Waals surface area contributed by atoms with Crippen LogP contribution in [-0.2, 0) is 0 Å². The van der Waals surface area contributed by atoms with Gasteiger partial charge in [-0.15, -0.1) is 0 Å². The van der Waals surface area contributed by atoms with Gasteiger partial charge in [-0.05, 0) is 31.5 Å². The molecule has 1 atom stereocenters. The zero-order valence-corrected chi connectivity index (χ0v) is 8.09. The molecule has 1 rings (SSSR count). The standard InChI is InChI=1S/C11H13F2O/c1-3-14-11-5-4-9(6-10(11)13)8(2)7-12/h4-6,8H,2-3,7H2,1H3. The maximum absolute atomic E-state index is 13.3. The van der Waals surface area contributed by atoms with Crippen LogP contribution in [0.1, 0.15) is 18.4 Å². The molecule has 1 radical (unpaired) electrons. The summed E-state index contributed by atoms with van der Waals surface area (Å²) < 4.78 is 30.5. The molecule has 0 aromatic heterocycles. The molecule has 0 saturated heterocycles. The van der Waals surface area contributed by atoms with E-state index in [2.05, 4.69) is 6.92 Å². The number of benzene rings is 1. The fraction of sp³-hybridized carbons (Fsp3) is 0.364. The Labute approximate surface area is 82.7 Å². The van der Waals surface area contributed by atoms with E-state index < -0.39 is 18.4 Å². The number of halogens is 2. The maximum Gasteiger partial charge on any atom is 0.165 e. The topological polar surface area (TPSA) is 9.23 Å². The molecular formula is C11H13F2O. The van der Waals surface area contributed by atoms with E-state index in [1.165, 1.54) is 12.1 Å². The van der Waals surface area contributed by atoms with Gasteiger partial charge in [0.05, 0.1) is 13.3 Å². The second-order valence-electron chi connectivity index (χ2n) is 2.97. The van der Waals surface area contributed by atoms with Crippen LogP contribution in [0, 0.1) is 12.7 Å². The van der Waals surface area contributed by atoms with Crippen LogP contribution in [0.4, 0.5) is 8.78 Å². The maximum atomic E-state index is 13.3. The minimum Gasteiger partial charge on any atom is -0.491 e. The summed E-state index contributed by atoms with van der Waals surface area (Å²) in [7, 11) is 0. The third-order valence-corrected chi connectivity index (χ3v) is 1.91. The zero-order valence-electron chi connectivity index (χ0n) is 8.09. The van der Waals surface area contributed by atoms with Crippen molar-refractivity contribution >= 4 is 0 Å². The van der Waals surface area contributed by atoms with E-state index in [0.29, 0.717) is 12.2 Å². The fourth-order valence-corrected chi connectivity index (χ4v) is 1.13. The number of alkyl halides is 1. The Balaban J connectivity index is 2.88. The zero-order chi connectivity index (χ0) is 10.6. The SMILES string of the molecule is [CH2]C(CF)c1ccc(OCC)c(F)c1. The van der Waals surface area contributed by atoms with Gasteiger partial charge in [0.1, 0.15) is 0 Å². The smallest absolute Gasteiger partial charge is 0.165 e.